The lowest BCUT2D eigenvalue weighted by Crippen LogP contribution is -2.49. The Morgan fingerprint density at radius 2 is 1.83 bits per heavy atom. The van der Waals surface area contributed by atoms with Crippen LogP contribution >= 0.6 is 0 Å². The monoisotopic (exact) mass is 342 g/mol. The molecular formula is C16H23FN2O3S. The van der Waals surface area contributed by atoms with E-state index < -0.39 is 21.9 Å². The van der Waals surface area contributed by atoms with Crippen LogP contribution in [0.1, 0.15) is 32.6 Å². The summed E-state index contributed by atoms with van der Waals surface area (Å²) in [6.07, 6.45) is 5.05. The second-order valence-electron chi connectivity index (χ2n) is 5.95. The molecule has 128 valence electrons. The van der Waals surface area contributed by atoms with E-state index in [1.54, 1.807) is 11.8 Å². The Balaban J connectivity index is 2.30. The van der Waals surface area contributed by atoms with Gasteiger partial charge >= 0.3 is 0 Å². The van der Waals surface area contributed by atoms with Crippen molar-refractivity contribution < 1.29 is 17.6 Å². The Kier molecular flexibility index (Phi) is 5.62. The fourth-order valence-electron chi connectivity index (χ4n) is 2.97. The number of nitrogens with zero attached hydrogens (tertiary/aromatic N) is 2. The third-order valence-electron chi connectivity index (χ3n) is 4.05. The molecule has 0 radical (unpaired) electrons. The highest BCUT2D eigenvalue weighted by Gasteiger charge is 2.32. The van der Waals surface area contributed by atoms with Gasteiger partial charge < -0.3 is 4.90 Å². The van der Waals surface area contributed by atoms with E-state index in [0.717, 1.165) is 42.3 Å². The quantitative estimate of drug-likeness (QED) is 0.844. The zero-order valence-corrected chi connectivity index (χ0v) is 14.4. The highest BCUT2D eigenvalue weighted by Crippen LogP contribution is 2.23. The first-order chi connectivity index (χ1) is 10.8. The van der Waals surface area contributed by atoms with Crippen molar-refractivity contribution in [2.45, 2.75) is 38.6 Å². The zero-order chi connectivity index (χ0) is 17.0. The van der Waals surface area contributed by atoms with Gasteiger partial charge in [0.1, 0.15) is 11.9 Å². The Labute approximate surface area is 137 Å². The number of carbonyl (C=O) groups excluding carboxylic acids is 1. The maximum absolute atomic E-state index is 13.5. The average Bonchev–Trinajstić information content (AvgIpc) is 2.74. The molecule has 0 aliphatic carbocycles. The summed E-state index contributed by atoms with van der Waals surface area (Å²) in [5.41, 5.74) is 0.170. The first-order valence-corrected chi connectivity index (χ1v) is 9.69. The third kappa shape index (κ3) is 4.43. The molecule has 0 unspecified atom stereocenters. The maximum Gasteiger partial charge on any atom is 0.246 e. The summed E-state index contributed by atoms with van der Waals surface area (Å²) in [6.45, 7) is 2.84. The summed E-state index contributed by atoms with van der Waals surface area (Å²) in [5.74, 6) is -0.771. The number of halogens is 1. The van der Waals surface area contributed by atoms with E-state index in [1.807, 2.05) is 0 Å². The molecule has 1 saturated heterocycles. The number of hydrogen-bond donors (Lipinski definition) is 0. The molecule has 1 aromatic rings. The minimum absolute atomic E-state index is 0.170. The molecule has 1 atom stereocenters. The Morgan fingerprint density at radius 1 is 1.22 bits per heavy atom. The average molecular weight is 342 g/mol. The summed E-state index contributed by atoms with van der Waals surface area (Å²) in [5, 5.41) is 0. The highest BCUT2D eigenvalue weighted by atomic mass is 32.2. The maximum atomic E-state index is 13.5. The SMILES string of the molecule is C[C@@H](C(=O)N1CCCCCC1)N(c1cccc(F)c1)S(C)(=O)=O. The third-order valence-corrected chi connectivity index (χ3v) is 5.29. The van der Waals surface area contributed by atoms with Crippen LogP contribution in [0.25, 0.3) is 0 Å². The van der Waals surface area contributed by atoms with E-state index in [-0.39, 0.29) is 11.6 Å². The zero-order valence-electron chi connectivity index (χ0n) is 13.5. The second kappa shape index (κ2) is 7.29. The van der Waals surface area contributed by atoms with Crippen molar-refractivity contribution in [3.63, 3.8) is 0 Å². The standard InChI is InChI=1S/C16H23FN2O3S/c1-13(16(20)18-10-5-3-4-6-11-18)19(23(2,21)22)15-9-7-8-14(17)12-15/h7-9,12-13H,3-6,10-11H2,1-2H3/t13-/m0/s1. The first-order valence-electron chi connectivity index (χ1n) is 7.84. The van der Waals surface area contributed by atoms with Crippen LogP contribution in [-0.4, -0.2) is 44.6 Å². The van der Waals surface area contributed by atoms with E-state index in [0.29, 0.717) is 13.1 Å². The van der Waals surface area contributed by atoms with Gasteiger partial charge in [0.25, 0.3) is 0 Å². The lowest BCUT2D eigenvalue weighted by atomic mass is 10.2. The molecular weight excluding hydrogens is 319 g/mol. The van der Waals surface area contributed by atoms with E-state index in [9.17, 15) is 17.6 Å². The van der Waals surface area contributed by atoms with Crippen molar-refractivity contribution in [2.75, 3.05) is 23.7 Å². The number of sulfonamides is 1. The Bertz CT molecular complexity index is 655. The number of hydrogen-bond acceptors (Lipinski definition) is 3. The van der Waals surface area contributed by atoms with Crippen LogP contribution in [0, 0.1) is 5.82 Å². The van der Waals surface area contributed by atoms with Crippen LogP contribution in [0.4, 0.5) is 10.1 Å². The van der Waals surface area contributed by atoms with Gasteiger partial charge in [0, 0.05) is 13.1 Å². The molecule has 1 aliphatic rings. The molecule has 1 heterocycles. The van der Waals surface area contributed by atoms with Crippen LogP contribution in [0.2, 0.25) is 0 Å². The molecule has 0 N–H and O–H groups in total. The largest absolute Gasteiger partial charge is 0.341 e. The minimum Gasteiger partial charge on any atom is -0.341 e. The van der Waals surface area contributed by atoms with Gasteiger partial charge in [-0.2, -0.15) is 0 Å². The fourth-order valence-corrected chi connectivity index (χ4v) is 4.13. The van der Waals surface area contributed by atoms with Crippen LogP contribution < -0.4 is 4.31 Å². The van der Waals surface area contributed by atoms with Crippen molar-refractivity contribution in [3.05, 3.63) is 30.1 Å². The van der Waals surface area contributed by atoms with Gasteiger partial charge in [-0.1, -0.05) is 18.9 Å². The molecule has 5 nitrogen and oxygen atoms in total. The summed E-state index contributed by atoms with van der Waals surface area (Å²) < 4.78 is 38.8. The molecule has 0 spiro atoms. The van der Waals surface area contributed by atoms with Crippen molar-refractivity contribution in [1.29, 1.82) is 0 Å². The number of carbonyl (C=O) groups is 1. The van der Waals surface area contributed by atoms with Crippen molar-refractivity contribution in [1.82, 2.24) is 4.90 Å². The lowest BCUT2D eigenvalue weighted by molar-refractivity contribution is -0.131. The molecule has 2 rings (SSSR count). The van der Waals surface area contributed by atoms with Gasteiger partial charge in [0.15, 0.2) is 0 Å². The number of benzene rings is 1. The van der Waals surface area contributed by atoms with E-state index in [4.69, 9.17) is 0 Å². The van der Waals surface area contributed by atoms with E-state index in [1.165, 1.54) is 18.2 Å². The van der Waals surface area contributed by atoms with E-state index in [2.05, 4.69) is 0 Å². The molecule has 23 heavy (non-hydrogen) atoms. The second-order valence-corrected chi connectivity index (χ2v) is 7.81. The van der Waals surface area contributed by atoms with Crippen molar-refractivity contribution in [3.8, 4) is 0 Å². The molecule has 0 bridgehead atoms. The van der Waals surface area contributed by atoms with Gasteiger partial charge in [0.2, 0.25) is 15.9 Å². The van der Waals surface area contributed by atoms with Gasteiger partial charge in [-0.25, -0.2) is 12.8 Å². The molecule has 0 saturated carbocycles. The number of likely N-dealkylation sites (tertiary alicyclic amines) is 1. The Hall–Kier alpha value is -1.63. The van der Waals surface area contributed by atoms with Gasteiger partial charge in [-0.05, 0) is 38.0 Å². The Morgan fingerprint density at radius 3 is 2.35 bits per heavy atom. The lowest BCUT2D eigenvalue weighted by Gasteiger charge is -2.32. The topological polar surface area (TPSA) is 57.7 Å². The van der Waals surface area contributed by atoms with Gasteiger partial charge in [0.05, 0.1) is 11.9 Å². The fraction of sp³-hybridized carbons (Fsp3) is 0.562. The molecule has 1 aromatic carbocycles. The predicted octanol–water partition coefficient (Wildman–Crippen LogP) is 2.38. The summed E-state index contributed by atoms with van der Waals surface area (Å²) >= 11 is 0. The van der Waals surface area contributed by atoms with Crippen LogP contribution in [0.3, 0.4) is 0 Å². The first kappa shape index (κ1) is 17.7. The molecule has 0 aromatic heterocycles. The van der Waals surface area contributed by atoms with Gasteiger partial charge in [-0.3, -0.25) is 9.10 Å². The van der Waals surface area contributed by atoms with Crippen molar-refractivity contribution >= 4 is 21.6 Å². The minimum atomic E-state index is -3.71. The number of anilines is 1. The number of amides is 1. The normalized spacial score (nSPS) is 17.4. The van der Waals surface area contributed by atoms with Gasteiger partial charge in [-0.15, -0.1) is 0 Å². The highest BCUT2D eigenvalue weighted by molar-refractivity contribution is 7.92. The predicted molar refractivity (Wildman–Crippen MR) is 88.2 cm³/mol. The summed E-state index contributed by atoms with van der Waals surface area (Å²) in [7, 11) is -3.71. The molecule has 1 amide bonds. The summed E-state index contributed by atoms with van der Waals surface area (Å²) in [4.78, 5) is 14.4. The molecule has 1 aliphatic heterocycles. The van der Waals surface area contributed by atoms with Crippen LogP contribution in [0.5, 0.6) is 0 Å². The smallest absolute Gasteiger partial charge is 0.246 e. The van der Waals surface area contributed by atoms with Crippen LogP contribution in [0.15, 0.2) is 24.3 Å². The summed E-state index contributed by atoms with van der Waals surface area (Å²) in [6, 6.07) is 4.41. The van der Waals surface area contributed by atoms with Crippen molar-refractivity contribution in [2.24, 2.45) is 0 Å². The van der Waals surface area contributed by atoms with Crippen LogP contribution in [-0.2, 0) is 14.8 Å². The molecule has 1 fully saturated rings. The number of rotatable bonds is 4. The molecule has 7 heteroatoms. The van der Waals surface area contributed by atoms with E-state index >= 15 is 0 Å².